The number of anilines is 1. The zero-order valence-electron chi connectivity index (χ0n) is 17.7. The van der Waals surface area contributed by atoms with Crippen LogP contribution in [0.4, 0.5) is 5.69 Å². The Bertz CT molecular complexity index is 981. The van der Waals surface area contributed by atoms with Crippen molar-refractivity contribution in [3.8, 4) is 11.3 Å². The number of imidazole rings is 1. The number of rotatable bonds is 6. The molecule has 1 atom stereocenters. The van der Waals surface area contributed by atoms with E-state index in [1.54, 1.807) is 0 Å². The molecule has 0 amide bonds. The number of hydrogen-bond donors (Lipinski definition) is 0. The number of benzene rings is 1. The predicted octanol–water partition coefficient (Wildman–Crippen LogP) is 4.48. The number of hydrogen-bond acceptors (Lipinski definition) is 3. The standard InChI is InChI=1S/C23H31N5/c1-6-10-27-11-9-20-13-19(7-8-22(20)27)23-14-24-15-28(23)16(2)12-21-17(3)25-26(5)18(21)4/h7-8,13-16H,6,9-12H2,1-5H3/t16-/m1/s1. The van der Waals surface area contributed by atoms with E-state index in [0.29, 0.717) is 6.04 Å². The van der Waals surface area contributed by atoms with Crippen molar-refractivity contribution in [3.05, 3.63) is 53.2 Å². The van der Waals surface area contributed by atoms with Crippen LogP contribution in [-0.2, 0) is 19.9 Å². The van der Waals surface area contributed by atoms with Gasteiger partial charge in [0.05, 0.1) is 23.9 Å². The summed E-state index contributed by atoms with van der Waals surface area (Å²) in [5.74, 6) is 0. The Morgan fingerprint density at radius 2 is 2.04 bits per heavy atom. The minimum Gasteiger partial charge on any atom is -0.371 e. The topological polar surface area (TPSA) is 38.9 Å². The molecule has 28 heavy (non-hydrogen) atoms. The highest BCUT2D eigenvalue weighted by atomic mass is 15.3. The van der Waals surface area contributed by atoms with Gasteiger partial charge in [-0.2, -0.15) is 5.10 Å². The first-order valence-corrected chi connectivity index (χ1v) is 10.4. The fraction of sp³-hybridized carbons (Fsp3) is 0.478. The molecule has 0 radical (unpaired) electrons. The van der Waals surface area contributed by atoms with Crippen molar-refractivity contribution in [1.82, 2.24) is 19.3 Å². The summed E-state index contributed by atoms with van der Waals surface area (Å²) in [7, 11) is 2.02. The molecule has 1 aliphatic heterocycles. The van der Waals surface area contributed by atoms with Crippen LogP contribution in [0.1, 0.15) is 48.8 Å². The highest BCUT2D eigenvalue weighted by Gasteiger charge is 2.21. The molecule has 0 N–H and O–H groups in total. The van der Waals surface area contributed by atoms with E-state index in [9.17, 15) is 0 Å². The van der Waals surface area contributed by atoms with Crippen molar-refractivity contribution in [2.24, 2.45) is 7.05 Å². The second kappa shape index (κ2) is 7.46. The monoisotopic (exact) mass is 377 g/mol. The van der Waals surface area contributed by atoms with Gasteiger partial charge in [0.25, 0.3) is 0 Å². The van der Waals surface area contributed by atoms with E-state index in [4.69, 9.17) is 0 Å². The van der Waals surface area contributed by atoms with E-state index < -0.39 is 0 Å². The van der Waals surface area contributed by atoms with Crippen LogP contribution >= 0.6 is 0 Å². The number of fused-ring (bicyclic) bond motifs is 1. The van der Waals surface area contributed by atoms with Gasteiger partial charge in [0, 0.05) is 43.1 Å². The fourth-order valence-electron chi connectivity index (χ4n) is 4.52. The number of nitrogens with zero attached hydrogens (tertiary/aromatic N) is 5. The molecule has 0 bridgehead atoms. The van der Waals surface area contributed by atoms with Crippen molar-refractivity contribution >= 4 is 5.69 Å². The van der Waals surface area contributed by atoms with Gasteiger partial charge in [0.2, 0.25) is 0 Å². The van der Waals surface area contributed by atoms with Gasteiger partial charge < -0.3 is 9.47 Å². The van der Waals surface area contributed by atoms with Crippen molar-refractivity contribution in [3.63, 3.8) is 0 Å². The van der Waals surface area contributed by atoms with Crippen LogP contribution in [0.15, 0.2) is 30.7 Å². The van der Waals surface area contributed by atoms with Gasteiger partial charge in [0.15, 0.2) is 0 Å². The van der Waals surface area contributed by atoms with Crippen LogP contribution < -0.4 is 4.90 Å². The molecule has 0 fully saturated rings. The molecule has 5 heteroatoms. The lowest BCUT2D eigenvalue weighted by Gasteiger charge is -2.19. The van der Waals surface area contributed by atoms with Crippen LogP contribution in [0.2, 0.25) is 0 Å². The molecule has 1 aromatic carbocycles. The maximum absolute atomic E-state index is 4.57. The first-order chi connectivity index (χ1) is 13.5. The molecule has 0 aliphatic carbocycles. The average Bonchev–Trinajstić information content (AvgIpc) is 3.37. The number of aryl methyl sites for hydroxylation is 2. The Labute approximate surface area is 168 Å². The van der Waals surface area contributed by atoms with Gasteiger partial charge in [0.1, 0.15) is 0 Å². The van der Waals surface area contributed by atoms with Gasteiger partial charge in [-0.05, 0) is 63.3 Å². The van der Waals surface area contributed by atoms with Crippen molar-refractivity contribution < 1.29 is 0 Å². The molecular weight excluding hydrogens is 346 g/mol. The molecule has 0 saturated heterocycles. The van der Waals surface area contributed by atoms with Crippen LogP contribution in [0, 0.1) is 13.8 Å². The summed E-state index contributed by atoms with van der Waals surface area (Å²) in [5.41, 5.74) is 9.06. The summed E-state index contributed by atoms with van der Waals surface area (Å²) >= 11 is 0. The average molecular weight is 378 g/mol. The van der Waals surface area contributed by atoms with E-state index in [2.05, 4.69) is 65.4 Å². The van der Waals surface area contributed by atoms with Crippen LogP contribution in [0.3, 0.4) is 0 Å². The summed E-state index contributed by atoms with van der Waals surface area (Å²) in [5, 5.41) is 4.57. The summed E-state index contributed by atoms with van der Waals surface area (Å²) in [4.78, 5) is 6.99. The molecule has 148 valence electrons. The Morgan fingerprint density at radius 1 is 1.21 bits per heavy atom. The van der Waals surface area contributed by atoms with E-state index >= 15 is 0 Å². The third kappa shape index (κ3) is 3.23. The molecule has 0 saturated carbocycles. The minimum absolute atomic E-state index is 0.323. The Balaban J connectivity index is 1.61. The van der Waals surface area contributed by atoms with Gasteiger partial charge in [-0.15, -0.1) is 0 Å². The van der Waals surface area contributed by atoms with Crippen molar-refractivity contribution in [2.75, 3.05) is 18.0 Å². The highest BCUT2D eigenvalue weighted by Crippen LogP contribution is 2.33. The number of aromatic nitrogens is 4. The molecule has 0 unspecified atom stereocenters. The predicted molar refractivity (Wildman–Crippen MR) is 115 cm³/mol. The lowest BCUT2D eigenvalue weighted by molar-refractivity contribution is 0.546. The van der Waals surface area contributed by atoms with Gasteiger partial charge >= 0.3 is 0 Å². The normalized spacial score (nSPS) is 14.5. The summed E-state index contributed by atoms with van der Waals surface area (Å²) in [6, 6.07) is 7.24. The first-order valence-electron chi connectivity index (χ1n) is 10.4. The van der Waals surface area contributed by atoms with Crippen LogP contribution in [0.5, 0.6) is 0 Å². The molecule has 3 heterocycles. The SMILES string of the molecule is CCCN1CCc2cc(-c3cncn3[C@H](C)Cc3c(C)nn(C)c3C)ccc21. The van der Waals surface area contributed by atoms with E-state index in [0.717, 1.165) is 31.6 Å². The summed E-state index contributed by atoms with van der Waals surface area (Å²) < 4.78 is 4.29. The Kier molecular flexibility index (Phi) is 5.00. The van der Waals surface area contributed by atoms with E-state index in [1.807, 2.05) is 24.3 Å². The lowest BCUT2D eigenvalue weighted by atomic mass is 10.0. The second-order valence-electron chi connectivity index (χ2n) is 8.09. The van der Waals surface area contributed by atoms with Crippen LogP contribution in [0.25, 0.3) is 11.3 Å². The lowest BCUT2D eigenvalue weighted by Crippen LogP contribution is -2.20. The van der Waals surface area contributed by atoms with E-state index in [-0.39, 0.29) is 0 Å². The Morgan fingerprint density at radius 3 is 2.75 bits per heavy atom. The molecule has 3 aromatic rings. The molecular formula is C23H31N5. The molecule has 0 spiro atoms. The quantitative estimate of drug-likeness (QED) is 0.636. The molecule has 5 nitrogen and oxygen atoms in total. The molecule has 2 aromatic heterocycles. The molecule has 1 aliphatic rings. The van der Waals surface area contributed by atoms with Gasteiger partial charge in [-0.3, -0.25) is 4.68 Å². The largest absolute Gasteiger partial charge is 0.371 e. The summed E-state index contributed by atoms with van der Waals surface area (Å²) in [6.45, 7) is 11.1. The van der Waals surface area contributed by atoms with Crippen molar-refractivity contribution in [2.45, 2.75) is 53.0 Å². The molecule has 4 rings (SSSR count). The smallest absolute Gasteiger partial charge is 0.0953 e. The second-order valence-corrected chi connectivity index (χ2v) is 8.09. The Hall–Kier alpha value is -2.56. The third-order valence-corrected chi connectivity index (χ3v) is 6.16. The van der Waals surface area contributed by atoms with Gasteiger partial charge in [-0.25, -0.2) is 4.98 Å². The first kappa shape index (κ1) is 18.8. The van der Waals surface area contributed by atoms with E-state index in [1.165, 1.54) is 40.2 Å². The zero-order valence-corrected chi connectivity index (χ0v) is 17.7. The minimum atomic E-state index is 0.323. The van der Waals surface area contributed by atoms with Gasteiger partial charge in [-0.1, -0.05) is 13.0 Å². The highest BCUT2D eigenvalue weighted by molar-refractivity contribution is 5.68. The third-order valence-electron chi connectivity index (χ3n) is 6.16. The van der Waals surface area contributed by atoms with Crippen LogP contribution in [-0.4, -0.2) is 32.4 Å². The van der Waals surface area contributed by atoms with Crippen molar-refractivity contribution in [1.29, 1.82) is 0 Å². The fourth-order valence-corrected chi connectivity index (χ4v) is 4.52. The zero-order chi connectivity index (χ0) is 19.8. The summed E-state index contributed by atoms with van der Waals surface area (Å²) in [6.07, 6.45) is 7.27. The maximum atomic E-state index is 4.57. The maximum Gasteiger partial charge on any atom is 0.0953 e.